The first-order chi connectivity index (χ1) is 9.22. The van der Waals surface area contributed by atoms with E-state index in [4.69, 9.17) is 0 Å². The average Bonchev–Trinajstić information content (AvgIpc) is 3.01. The van der Waals surface area contributed by atoms with Gasteiger partial charge in [-0.2, -0.15) is 0 Å². The average molecular weight is 282 g/mol. The predicted octanol–water partition coefficient (Wildman–Crippen LogP) is 1.36. The van der Waals surface area contributed by atoms with Gasteiger partial charge in [0.15, 0.2) is 5.13 Å². The van der Waals surface area contributed by atoms with Gasteiger partial charge in [0.25, 0.3) is 0 Å². The third-order valence-corrected chi connectivity index (χ3v) is 4.41. The fourth-order valence-corrected chi connectivity index (χ4v) is 3.23. The molecule has 0 aromatic carbocycles. The molecule has 2 N–H and O–H groups in total. The van der Waals surface area contributed by atoms with E-state index in [0.717, 1.165) is 37.7 Å². The number of thiazole rings is 1. The highest BCUT2D eigenvalue weighted by Crippen LogP contribution is 2.22. The molecular formula is C13H22N4OS. The van der Waals surface area contributed by atoms with Crippen molar-refractivity contribution in [2.24, 2.45) is 0 Å². The zero-order valence-electron chi connectivity index (χ0n) is 11.6. The molecule has 1 aliphatic rings. The van der Waals surface area contributed by atoms with Crippen molar-refractivity contribution in [3.05, 3.63) is 11.1 Å². The van der Waals surface area contributed by atoms with Gasteiger partial charge in [-0.05, 0) is 20.3 Å². The lowest BCUT2D eigenvalue weighted by molar-refractivity contribution is -0.119. The van der Waals surface area contributed by atoms with Crippen LogP contribution in [-0.4, -0.2) is 36.6 Å². The summed E-state index contributed by atoms with van der Waals surface area (Å²) in [5, 5.41) is 7.44. The van der Waals surface area contributed by atoms with Crippen molar-refractivity contribution in [1.29, 1.82) is 0 Å². The van der Waals surface area contributed by atoms with Crippen molar-refractivity contribution in [2.45, 2.75) is 39.3 Å². The molecule has 1 aromatic rings. The van der Waals surface area contributed by atoms with E-state index in [2.05, 4.69) is 34.4 Å². The van der Waals surface area contributed by atoms with Gasteiger partial charge in [0.2, 0.25) is 5.91 Å². The molecular weight excluding hydrogens is 260 g/mol. The molecule has 1 unspecified atom stereocenters. The molecule has 19 heavy (non-hydrogen) atoms. The Labute approximate surface area is 118 Å². The minimum Gasteiger partial charge on any atom is -0.352 e. The zero-order valence-corrected chi connectivity index (χ0v) is 12.4. The van der Waals surface area contributed by atoms with Crippen molar-refractivity contribution < 1.29 is 4.79 Å². The topological polar surface area (TPSA) is 57.3 Å². The molecule has 0 aliphatic carbocycles. The number of hydrogen-bond donors (Lipinski definition) is 2. The van der Waals surface area contributed by atoms with Crippen molar-refractivity contribution >= 4 is 22.4 Å². The molecule has 1 aromatic heterocycles. The maximum Gasteiger partial charge on any atom is 0.220 e. The summed E-state index contributed by atoms with van der Waals surface area (Å²) < 4.78 is 0. The Morgan fingerprint density at radius 2 is 2.32 bits per heavy atom. The van der Waals surface area contributed by atoms with E-state index in [0.29, 0.717) is 12.5 Å². The Hall–Kier alpha value is -1.14. The number of carbonyl (C=O) groups excluding carboxylic acids is 1. The molecule has 1 atom stereocenters. The molecule has 0 radical (unpaired) electrons. The minimum atomic E-state index is 0.174. The summed E-state index contributed by atoms with van der Waals surface area (Å²) in [7, 11) is 0. The largest absolute Gasteiger partial charge is 0.352 e. The summed E-state index contributed by atoms with van der Waals surface area (Å²) in [5.41, 5.74) is 0. The second-order valence-electron chi connectivity index (χ2n) is 4.72. The maximum atomic E-state index is 11.1. The number of carbonyl (C=O) groups is 1. The molecule has 1 fully saturated rings. The SMILES string of the molecule is CCN(CC)c1ncc(CNCC2CCC(=O)N2)s1. The molecule has 1 amide bonds. The summed E-state index contributed by atoms with van der Waals surface area (Å²) in [6.45, 7) is 7.93. The first-order valence-corrected chi connectivity index (χ1v) is 7.74. The van der Waals surface area contributed by atoms with Gasteiger partial charge < -0.3 is 15.5 Å². The third kappa shape index (κ3) is 3.91. The normalized spacial score (nSPS) is 18.6. The lowest BCUT2D eigenvalue weighted by Gasteiger charge is -2.16. The van der Waals surface area contributed by atoms with Crippen LogP contribution in [0.25, 0.3) is 0 Å². The number of aromatic nitrogens is 1. The number of rotatable bonds is 7. The van der Waals surface area contributed by atoms with Crippen LogP contribution >= 0.6 is 11.3 Å². The van der Waals surface area contributed by atoms with Crippen LogP contribution in [-0.2, 0) is 11.3 Å². The van der Waals surface area contributed by atoms with Crippen LogP contribution in [0.15, 0.2) is 6.20 Å². The number of anilines is 1. The molecule has 6 heteroatoms. The Kier molecular flexibility index (Phi) is 5.15. The van der Waals surface area contributed by atoms with Crippen LogP contribution in [0.1, 0.15) is 31.6 Å². The lowest BCUT2D eigenvalue weighted by atomic mass is 10.2. The Morgan fingerprint density at radius 3 is 2.95 bits per heavy atom. The molecule has 106 valence electrons. The van der Waals surface area contributed by atoms with Gasteiger partial charge in [0.05, 0.1) is 0 Å². The maximum absolute atomic E-state index is 11.1. The number of amides is 1. The number of hydrogen-bond acceptors (Lipinski definition) is 5. The molecule has 0 spiro atoms. The van der Waals surface area contributed by atoms with Gasteiger partial charge in [-0.15, -0.1) is 11.3 Å². The van der Waals surface area contributed by atoms with Gasteiger partial charge >= 0.3 is 0 Å². The van der Waals surface area contributed by atoms with Gasteiger partial charge in [0, 0.05) is 49.7 Å². The van der Waals surface area contributed by atoms with Crippen LogP contribution in [0.2, 0.25) is 0 Å². The summed E-state index contributed by atoms with van der Waals surface area (Å²) >= 11 is 1.74. The minimum absolute atomic E-state index is 0.174. The van der Waals surface area contributed by atoms with Gasteiger partial charge in [-0.1, -0.05) is 0 Å². The van der Waals surface area contributed by atoms with Gasteiger partial charge in [-0.3, -0.25) is 4.79 Å². The fraction of sp³-hybridized carbons (Fsp3) is 0.692. The first kappa shape index (κ1) is 14.3. The highest BCUT2D eigenvalue weighted by molar-refractivity contribution is 7.15. The van der Waals surface area contributed by atoms with Crippen LogP contribution in [0.4, 0.5) is 5.13 Å². The van der Waals surface area contributed by atoms with Crippen LogP contribution in [0, 0.1) is 0 Å². The zero-order chi connectivity index (χ0) is 13.7. The van der Waals surface area contributed by atoms with Gasteiger partial charge in [0.1, 0.15) is 0 Å². The smallest absolute Gasteiger partial charge is 0.220 e. The molecule has 1 aliphatic heterocycles. The third-order valence-electron chi connectivity index (χ3n) is 3.35. The van der Waals surface area contributed by atoms with Crippen molar-refractivity contribution in [3.63, 3.8) is 0 Å². The fourth-order valence-electron chi connectivity index (χ4n) is 2.22. The van der Waals surface area contributed by atoms with Crippen molar-refractivity contribution in [1.82, 2.24) is 15.6 Å². The van der Waals surface area contributed by atoms with E-state index < -0.39 is 0 Å². The highest BCUT2D eigenvalue weighted by Gasteiger charge is 2.19. The lowest BCUT2D eigenvalue weighted by Crippen LogP contribution is -2.35. The summed E-state index contributed by atoms with van der Waals surface area (Å²) in [6, 6.07) is 0.294. The van der Waals surface area contributed by atoms with E-state index in [1.165, 1.54) is 4.88 Å². The molecule has 1 saturated heterocycles. The number of nitrogens with one attached hydrogen (secondary N) is 2. The van der Waals surface area contributed by atoms with E-state index in [1.807, 2.05) is 6.20 Å². The van der Waals surface area contributed by atoms with Gasteiger partial charge in [-0.25, -0.2) is 4.98 Å². The molecule has 0 bridgehead atoms. The molecule has 0 saturated carbocycles. The standard InChI is InChI=1S/C13H22N4OS/c1-3-17(4-2)13-15-9-11(19-13)8-14-7-10-5-6-12(18)16-10/h9-10,14H,3-8H2,1-2H3,(H,16,18). The Morgan fingerprint density at radius 1 is 1.53 bits per heavy atom. The van der Waals surface area contributed by atoms with E-state index in [-0.39, 0.29) is 5.91 Å². The highest BCUT2D eigenvalue weighted by atomic mass is 32.1. The predicted molar refractivity (Wildman–Crippen MR) is 78.5 cm³/mol. The second-order valence-corrected chi connectivity index (χ2v) is 5.81. The van der Waals surface area contributed by atoms with Crippen molar-refractivity contribution in [3.8, 4) is 0 Å². The van der Waals surface area contributed by atoms with Crippen LogP contribution in [0.3, 0.4) is 0 Å². The van der Waals surface area contributed by atoms with Crippen LogP contribution in [0.5, 0.6) is 0 Å². The second kappa shape index (κ2) is 6.86. The van der Waals surface area contributed by atoms with Crippen molar-refractivity contribution in [2.75, 3.05) is 24.5 Å². The summed E-state index contributed by atoms with van der Waals surface area (Å²) in [4.78, 5) is 19.0. The molecule has 2 rings (SSSR count). The van der Waals surface area contributed by atoms with Crippen LogP contribution < -0.4 is 15.5 Å². The first-order valence-electron chi connectivity index (χ1n) is 6.92. The Balaban J connectivity index is 1.75. The van der Waals surface area contributed by atoms with E-state index in [1.54, 1.807) is 11.3 Å². The Bertz CT molecular complexity index is 417. The summed E-state index contributed by atoms with van der Waals surface area (Å²) in [6.07, 6.45) is 3.55. The molecule has 5 nitrogen and oxygen atoms in total. The number of nitrogens with zero attached hydrogens (tertiary/aromatic N) is 2. The quantitative estimate of drug-likeness (QED) is 0.793. The monoisotopic (exact) mass is 282 g/mol. The molecule has 2 heterocycles. The van der Waals surface area contributed by atoms with E-state index >= 15 is 0 Å². The summed E-state index contributed by atoms with van der Waals surface area (Å²) in [5.74, 6) is 0.174. The van der Waals surface area contributed by atoms with E-state index in [9.17, 15) is 4.79 Å².